The Morgan fingerprint density at radius 1 is 1.24 bits per heavy atom. The van der Waals surface area contributed by atoms with Crippen molar-refractivity contribution in [2.75, 3.05) is 26.8 Å². The van der Waals surface area contributed by atoms with Gasteiger partial charge < -0.3 is 14.4 Å². The summed E-state index contributed by atoms with van der Waals surface area (Å²) >= 11 is 0. The predicted octanol–water partition coefficient (Wildman–Crippen LogP) is 2.91. The quantitative estimate of drug-likeness (QED) is 0.621. The summed E-state index contributed by atoms with van der Waals surface area (Å²) in [5, 5.41) is 0. The molecule has 1 aliphatic heterocycles. The summed E-state index contributed by atoms with van der Waals surface area (Å²) in [6.45, 7) is 7.59. The first-order valence-electron chi connectivity index (χ1n) is 8.52. The fourth-order valence-electron chi connectivity index (χ4n) is 2.94. The molecule has 0 N–H and O–H groups in total. The van der Waals surface area contributed by atoms with Crippen LogP contribution in [0.4, 0.5) is 4.39 Å². The monoisotopic (exact) mass is 351 g/mol. The molecule has 0 aliphatic carbocycles. The third-order valence-corrected chi connectivity index (χ3v) is 4.49. The van der Waals surface area contributed by atoms with E-state index in [1.54, 1.807) is 6.07 Å². The molecule has 0 bridgehead atoms. The molecule has 1 aliphatic rings. The highest BCUT2D eigenvalue weighted by Gasteiger charge is 2.28. The maximum atomic E-state index is 13.6. The second kappa shape index (κ2) is 7.85. The van der Waals surface area contributed by atoms with Crippen LogP contribution in [0.2, 0.25) is 0 Å². The van der Waals surface area contributed by atoms with E-state index in [-0.39, 0.29) is 11.2 Å². The van der Waals surface area contributed by atoms with E-state index in [1.165, 1.54) is 24.1 Å². The van der Waals surface area contributed by atoms with Crippen LogP contribution in [0.3, 0.4) is 0 Å². The van der Waals surface area contributed by atoms with Gasteiger partial charge in [-0.25, -0.2) is 9.18 Å². The van der Waals surface area contributed by atoms with Crippen LogP contribution in [0, 0.1) is 11.7 Å². The van der Waals surface area contributed by atoms with Gasteiger partial charge in [-0.05, 0) is 42.4 Å². The van der Waals surface area contributed by atoms with E-state index in [2.05, 4.69) is 4.74 Å². The van der Waals surface area contributed by atoms with E-state index in [4.69, 9.17) is 4.74 Å². The van der Waals surface area contributed by atoms with Gasteiger partial charge in [0.2, 0.25) is 0 Å². The lowest BCUT2D eigenvalue weighted by molar-refractivity contribution is -0.158. The number of carbonyl (C=O) groups is 2. The molecule has 138 valence electrons. The smallest absolute Gasteiger partial charge is 0.396 e. The topological polar surface area (TPSA) is 55.8 Å². The molecule has 1 aromatic rings. The zero-order valence-corrected chi connectivity index (χ0v) is 15.3. The summed E-state index contributed by atoms with van der Waals surface area (Å²) in [4.78, 5) is 24.6. The second-order valence-corrected chi connectivity index (χ2v) is 7.43. The molecular formula is C19H26FNO4. The van der Waals surface area contributed by atoms with Crippen molar-refractivity contribution in [3.63, 3.8) is 0 Å². The maximum Gasteiger partial charge on any atom is 0.396 e. The standard InChI is InChI=1S/C19H26FNO4/c1-19(2,3)15-11-14(20)5-6-16(15)25-12-13-7-9-21(10-8-13)17(22)18(23)24-4/h5-6,11,13H,7-10,12H2,1-4H3. The Morgan fingerprint density at radius 2 is 1.88 bits per heavy atom. The summed E-state index contributed by atoms with van der Waals surface area (Å²) in [6.07, 6.45) is 1.52. The minimum Gasteiger partial charge on any atom is -0.493 e. The van der Waals surface area contributed by atoms with Gasteiger partial charge in [0.1, 0.15) is 11.6 Å². The van der Waals surface area contributed by atoms with Crippen LogP contribution in [0.5, 0.6) is 5.75 Å². The van der Waals surface area contributed by atoms with Crippen molar-refractivity contribution in [3.8, 4) is 5.75 Å². The van der Waals surface area contributed by atoms with Crippen molar-refractivity contribution in [3.05, 3.63) is 29.6 Å². The molecule has 1 heterocycles. The normalized spacial score (nSPS) is 15.8. The first kappa shape index (κ1) is 19.2. The number of rotatable bonds is 3. The number of nitrogens with zero attached hydrogens (tertiary/aromatic N) is 1. The van der Waals surface area contributed by atoms with Gasteiger partial charge in [0.05, 0.1) is 13.7 Å². The maximum absolute atomic E-state index is 13.6. The lowest BCUT2D eigenvalue weighted by atomic mass is 9.86. The molecule has 0 spiro atoms. The van der Waals surface area contributed by atoms with Gasteiger partial charge in [-0.3, -0.25) is 4.79 Å². The molecule has 5 nitrogen and oxygen atoms in total. The minimum absolute atomic E-state index is 0.215. The molecule has 25 heavy (non-hydrogen) atoms. The average molecular weight is 351 g/mol. The molecule has 1 aromatic carbocycles. The zero-order chi connectivity index (χ0) is 18.6. The summed E-state index contributed by atoms with van der Waals surface area (Å²) in [5.74, 6) is -0.695. The lowest BCUT2D eigenvalue weighted by Crippen LogP contribution is -2.43. The largest absolute Gasteiger partial charge is 0.493 e. The molecule has 0 atom stereocenters. The highest BCUT2D eigenvalue weighted by molar-refractivity contribution is 6.32. The van der Waals surface area contributed by atoms with Gasteiger partial charge in [-0.15, -0.1) is 0 Å². The molecule has 6 heteroatoms. The van der Waals surface area contributed by atoms with Crippen LogP contribution >= 0.6 is 0 Å². The highest BCUT2D eigenvalue weighted by Crippen LogP contribution is 2.32. The van der Waals surface area contributed by atoms with Gasteiger partial charge in [0, 0.05) is 18.7 Å². The van der Waals surface area contributed by atoms with Crippen molar-refractivity contribution in [1.82, 2.24) is 4.90 Å². The second-order valence-electron chi connectivity index (χ2n) is 7.43. The fourth-order valence-corrected chi connectivity index (χ4v) is 2.94. The van der Waals surface area contributed by atoms with E-state index in [0.717, 1.165) is 18.4 Å². The molecule has 0 aromatic heterocycles. The number of piperidine rings is 1. The molecular weight excluding hydrogens is 325 g/mol. The number of hydrogen-bond donors (Lipinski definition) is 0. The van der Waals surface area contributed by atoms with Crippen LogP contribution in [-0.2, 0) is 19.7 Å². The van der Waals surface area contributed by atoms with Gasteiger partial charge in [-0.2, -0.15) is 0 Å². The van der Waals surface area contributed by atoms with Crippen molar-refractivity contribution >= 4 is 11.9 Å². The number of esters is 1. The Hall–Kier alpha value is -2.11. The van der Waals surface area contributed by atoms with Crippen molar-refractivity contribution < 1.29 is 23.5 Å². The summed E-state index contributed by atoms with van der Waals surface area (Å²) in [5.41, 5.74) is 0.624. The Morgan fingerprint density at radius 3 is 2.44 bits per heavy atom. The summed E-state index contributed by atoms with van der Waals surface area (Å²) in [6, 6.07) is 4.60. The average Bonchev–Trinajstić information content (AvgIpc) is 2.59. The first-order chi connectivity index (χ1) is 11.7. The van der Waals surface area contributed by atoms with Crippen LogP contribution in [0.15, 0.2) is 18.2 Å². The number of hydrogen-bond acceptors (Lipinski definition) is 4. The van der Waals surface area contributed by atoms with Gasteiger partial charge in [0.15, 0.2) is 0 Å². The molecule has 0 unspecified atom stereocenters. The lowest BCUT2D eigenvalue weighted by Gasteiger charge is -2.31. The van der Waals surface area contributed by atoms with E-state index in [9.17, 15) is 14.0 Å². The minimum atomic E-state index is -0.823. The number of amides is 1. The number of carbonyl (C=O) groups excluding carboxylic acids is 2. The number of benzene rings is 1. The Labute approximate surface area is 148 Å². The molecule has 0 radical (unpaired) electrons. The molecule has 1 amide bonds. The third-order valence-electron chi connectivity index (χ3n) is 4.49. The number of ether oxygens (including phenoxy) is 2. The van der Waals surface area contributed by atoms with E-state index >= 15 is 0 Å². The SMILES string of the molecule is COC(=O)C(=O)N1CCC(COc2ccc(F)cc2C(C)(C)C)CC1. The molecule has 2 rings (SSSR count). The van der Waals surface area contributed by atoms with Crippen LogP contribution in [0.25, 0.3) is 0 Å². The Bertz CT molecular complexity index is 631. The van der Waals surface area contributed by atoms with E-state index in [1.807, 2.05) is 20.8 Å². The van der Waals surface area contributed by atoms with E-state index < -0.39 is 11.9 Å². The molecule has 1 fully saturated rings. The third kappa shape index (κ3) is 4.94. The van der Waals surface area contributed by atoms with Crippen molar-refractivity contribution in [1.29, 1.82) is 0 Å². The summed E-state index contributed by atoms with van der Waals surface area (Å²) < 4.78 is 24.0. The first-order valence-corrected chi connectivity index (χ1v) is 8.52. The molecule has 1 saturated heterocycles. The predicted molar refractivity (Wildman–Crippen MR) is 91.9 cm³/mol. The van der Waals surface area contributed by atoms with Gasteiger partial charge in [0.25, 0.3) is 0 Å². The van der Waals surface area contributed by atoms with Crippen molar-refractivity contribution in [2.24, 2.45) is 5.92 Å². The van der Waals surface area contributed by atoms with Gasteiger partial charge >= 0.3 is 11.9 Å². The van der Waals surface area contributed by atoms with E-state index in [0.29, 0.717) is 31.4 Å². The highest BCUT2D eigenvalue weighted by atomic mass is 19.1. The van der Waals surface area contributed by atoms with Crippen molar-refractivity contribution in [2.45, 2.75) is 39.0 Å². The van der Waals surface area contributed by atoms with Gasteiger partial charge in [-0.1, -0.05) is 20.8 Å². The molecule has 0 saturated carbocycles. The fraction of sp³-hybridized carbons (Fsp3) is 0.579. The van der Waals surface area contributed by atoms with Crippen LogP contribution in [-0.4, -0.2) is 43.6 Å². The van der Waals surface area contributed by atoms with Crippen LogP contribution in [0.1, 0.15) is 39.2 Å². The Balaban J connectivity index is 1.92. The number of likely N-dealkylation sites (tertiary alicyclic amines) is 1. The Kier molecular flexibility index (Phi) is 6.03. The number of halogens is 1. The van der Waals surface area contributed by atoms with Crippen LogP contribution < -0.4 is 4.74 Å². The zero-order valence-electron chi connectivity index (χ0n) is 15.3. The number of methoxy groups -OCH3 is 1. The summed E-state index contributed by atoms with van der Waals surface area (Å²) in [7, 11) is 1.20.